The molecule has 0 amide bonds. The van der Waals surface area contributed by atoms with Crippen molar-refractivity contribution in [2.45, 2.75) is 0 Å². The van der Waals surface area contributed by atoms with Crippen LogP contribution in [0.4, 0.5) is 0 Å². The third-order valence-electron chi connectivity index (χ3n) is 3.75. The molecule has 26 heavy (non-hydrogen) atoms. The number of hydrogen-bond acceptors (Lipinski definition) is 5. The van der Waals surface area contributed by atoms with Gasteiger partial charge in [-0.15, -0.1) is 0 Å². The fourth-order valence-electron chi connectivity index (χ4n) is 2.45. The van der Waals surface area contributed by atoms with Crippen LogP contribution in [0.5, 0.6) is 11.6 Å². The number of H-pyrrole nitrogens is 1. The van der Waals surface area contributed by atoms with Crippen LogP contribution in [-0.2, 0) is 0 Å². The summed E-state index contributed by atoms with van der Waals surface area (Å²) in [5.41, 5.74) is -1.84. The second-order valence-electron chi connectivity index (χ2n) is 5.33. The topological polar surface area (TPSA) is 101 Å². The van der Waals surface area contributed by atoms with Gasteiger partial charge in [0.05, 0.1) is 12.8 Å². The van der Waals surface area contributed by atoms with Crippen LogP contribution < -0.4 is 16.0 Å². The molecule has 2 aromatic carbocycles. The molecule has 0 atom stereocenters. The molecule has 0 saturated heterocycles. The van der Waals surface area contributed by atoms with Gasteiger partial charge in [-0.2, -0.15) is 0 Å². The van der Waals surface area contributed by atoms with Crippen LogP contribution in [0.1, 0.15) is 15.9 Å². The van der Waals surface area contributed by atoms with Crippen LogP contribution in [0.2, 0.25) is 0 Å². The molecule has 0 saturated carbocycles. The number of rotatable bonds is 4. The molecule has 0 aliphatic carbocycles. The van der Waals surface area contributed by atoms with E-state index in [0.29, 0.717) is 11.4 Å². The van der Waals surface area contributed by atoms with Gasteiger partial charge >= 0.3 is 5.69 Å². The van der Waals surface area contributed by atoms with Crippen molar-refractivity contribution in [2.24, 2.45) is 0 Å². The lowest BCUT2D eigenvalue weighted by molar-refractivity contribution is 0.103. The van der Waals surface area contributed by atoms with E-state index in [4.69, 9.17) is 4.74 Å². The SMILES string of the molecule is COc1ccc(C(=O)c2c(O)n(-c3ccc(Br)cc3)c(=O)[nH]c2=O)cc1. The number of benzene rings is 2. The molecule has 0 fully saturated rings. The van der Waals surface area contributed by atoms with Crippen LogP contribution >= 0.6 is 15.9 Å². The van der Waals surface area contributed by atoms with Crippen LogP contribution in [0.25, 0.3) is 5.69 Å². The van der Waals surface area contributed by atoms with Crippen molar-refractivity contribution in [3.05, 3.63) is 85.0 Å². The van der Waals surface area contributed by atoms with Gasteiger partial charge in [0.2, 0.25) is 11.7 Å². The number of nitrogens with zero attached hydrogens (tertiary/aromatic N) is 1. The Balaban J connectivity index is 2.17. The number of aromatic nitrogens is 2. The first-order valence-corrected chi connectivity index (χ1v) is 8.24. The Hall–Kier alpha value is -3.13. The Morgan fingerprint density at radius 1 is 1.08 bits per heavy atom. The molecule has 2 N–H and O–H groups in total. The van der Waals surface area contributed by atoms with E-state index in [1.807, 2.05) is 0 Å². The number of halogens is 1. The number of ether oxygens (including phenoxy) is 1. The highest BCUT2D eigenvalue weighted by Crippen LogP contribution is 2.21. The summed E-state index contributed by atoms with van der Waals surface area (Å²) in [6, 6.07) is 12.5. The molecule has 0 aliphatic rings. The Kier molecular flexibility index (Phi) is 4.77. The largest absolute Gasteiger partial charge is 0.497 e. The summed E-state index contributed by atoms with van der Waals surface area (Å²) in [5, 5.41) is 10.5. The first-order chi connectivity index (χ1) is 12.4. The average molecular weight is 417 g/mol. The third-order valence-corrected chi connectivity index (χ3v) is 4.28. The number of carbonyl (C=O) groups excluding carboxylic acids is 1. The molecule has 1 aromatic heterocycles. The van der Waals surface area contributed by atoms with Crippen molar-refractivity contribution in [3.63, 3.8) is 0 Å². The van der Waals surface area contributed by atoms with Gasteiger partial charge in [0.25, 0.3) is 5.56 Å². The molecular weight excluding hydrogens is 404 g/mol. The van der Waals surface area contributed by atoms with Gasteiger partial charge in [0.15, 0.2) is 0 Å². The summed E-state index contributed by atoms with van der Waals surface area (Å²) >= 11 is 3.27. The fraction of sp³-hybridized carbons (Fsp3) is 0.0556. The number of methoxy groups -OCH3 is 1. The molecule has 132 valence electrons. The van der Waals surface area contributed by atoms with E-state index in [1.54, 1.807) is 36.4 Å². The zero-order valence-electron chi connectivity index (χ0n) is 13.5. The normalized spacial score (nSPS) is 10.5. The molecular formula is C18H13BrN2O5. The Morgan fingerprint density at radius 3 is 2.27 bits per heavy atom. The molecule has 3 rings (SSSR count). The summed E-state index contributed by atoms with van der Waals surface area (Å²) < 4.78 is 6.66. The molecule has 0 radical (unpaired) electrons. The van der Waals surface area contributed by atoms with E-state index in [0.717, 1.165) is 9.04 Å². The van der Waals surface area contributed by atoms with Crippen LogP contribution in [-0.4, -0.2) is 27.6 Å². The van der Waals surface area contributed by atoms with Crippen molar-refractivity contribution < 1.29 is 14.6 Å². The van der Waals surface area contributed by atoms with Gasteiger partial charge < -0.3 is 9.84 Å². The van der Waals surface area contributed by atoms with Crippen molar-refractivity contribution in [1.29, 1.82) is 0 Å². The van der Waals surface area contributed by atoms with E-state index in [2.05, 4.69) is 20.9 Å². The Morgan fingerprint density at radius 2 is 1.69 bits per heavy atom. The molecule has 8 heteroatoms. The maximum Gasteiger partial charge on any atom is 0.335 e. The Labute approximate surface area is 155 Å². The first-order valence-electron chi connectivity index (χ1n) is 7.45. The average Bonchev–Trinajstić information content (AvgIpc) is 2.63. The summed E-state index contributed by atoms with van der Waals surface area (Å²) in [6.45, 7) is 0. The van der Waals surface area contributed by atoms with E-state index in [9.17, 15) is 19.5 Å². The lowest BCUT2D eigenvalue weighted by atomic mass is 10.1. The zero-order valence-corrected chi connectivity index (χ0v) is 15.1. The minimum atomic E-state index is -0.957. The lowest BCUT2D eigenvalue weighted by Gasteiger charge is -2.11. The Bertz CT molecular complexity index is 1080. The lowest BCUT2D eigenvalue weighted by Crippen LogP contribution is -2.33. The predicted octanol–water partition coefficient (Wildman–Crippen LogP) is 2.23. The molecule has 7 nitrogen and oxygen atoms in total. The number of nitrogens with one attached hydrogen (secondary N) is 1. The maximum absolute atomic E-state index is 12.7. The van der Waals surface area contributed by atoms with Gasteiger partial charge in [-0.05, 0) is 48.5 Å². The molecule has 0 unspecified atom stereocenters. The molecule has 0 bridgehead atoms. The highest BCUT2D eigenvalue weighted by atomic mass is 79.9. The predicted molar refractivity (Wildman–Crippen MR) is 98.5 cm³/mol. The summed E-state index contributed by atoms with van der Waals surface area (Å²) in [7, 11) is 1.49. The van der Waals surface area contributed by atoms with E-state index in [-0.39, 0.29) is 5.56 Å². The molecule has 1 heterocycles. The number of aromatic hydroxyl groups is 1. The first kappa shape index (κ1) is 17.7. The summed E-state index contributed by atoms with van der Waals surface area (Å²) in [4.78, 5) is 39.1. The minimum absolute atomic E-state index is 0.174. The van der Waals surface area contributed by atoms with Crippen molar-refractivity contribution >= 4 is 21.7 Å². The number of hydrogen-bond donors (Lipinski definition) is 2. The van der Waals surface area contributed by atoms with Crippen molar-refractivity contribution in [1.82, 2.24) is 9.55 Å². The van der Waals surface area contributed by atoms with Crippen molar-refractivity contribution in [2.75, 3.05) is 7.11 Å². The van der Waals surface area contributed by atoms with E-state index in [1.165, 1.54) is 19.2 Å². The van der Waals surface area contributed by atoms with Gasteiger partial charge in [-0.3, -0.25) is 14.6 Å². The van der Waals surface area contributed by atoms with E-state index < -0.39 is 28.5 Å². The quantitative estimate of drug-likeness (QED) is 0.635. The highest BCUT2D eigenvalue weighted by Gasteiger charge is 2.23. The standard InChI is InChI=1S/C18H13BrN2O5/c1-26-13-8-2-10(3-9-13)15(22)14-16(23)20-18(25)21(17(14)24)12-6-4-11(19)5-7-12/h2-9,24H,1H3,(H,20,23,25). The van der Waals surface area contributed by atoms with Gasteiger partial charge in [-0.25, -0.2) is 9.36 Å². The summed E-state index contributed by atoms with van der Waals surface area (Å²) in [6.07, 6.45) is 0. The minimum Gasteiger partial charge on any atom is -0.497 e. The van der Waals surface area contributed by atoms with Gasteiger partial charge in [-0.1, -0.05) is 15.9 Å². The van der Waals surface area contributed by atoms with Gasteiger partial charge in [0, 0.05) is 10.0 Å². The summed E-state index contributed by atoms with van der Waals surface area (Å²) in [5.74, 6) is -0.890. The zero-order chi connectivity index (χ0) is 18.8. The second kappa shape index (κ2) is 7.01. The molecule has 0 aliphatic heterocycles. The molecule has 3 aromatic rings. The smallest absolute Gasteiger partial charge is 0.335 e. The van der Waals surface area contributed by atoms with Crippen LogP contribution in [0, 0.1) is 0 Å². The number of aromatic amines is 1. The highest BCUT2D eigenvalue weighted by molar-refractivity contribution is 9.10. The van der Waals surface area contributed by atoms with E-state index >= 15 is 0 Å². The number of carbonyl (C=O) groups is 1. The monoisotopic (exact) mass is 416 g/mol. The van der Waals surface area contributed by atoms with Gasteiger partial charge in [0.1, 0.15) is 11.3 Å². The van der Waals surface area contributed by atoms with Crippen LogP contribution in [0.3, 0.4) is 0 Å². The maximum atomic E-state index is 12.7. The van der Waals surface area contributed by atoms with Crippen molar-refractivity contribution in [3.8, 4) is 17.3 Å². The third kappa shape index (κ3) is 3.18. The molecule has 0 spiro atoms. The fourth-order valence-corrected chi connectivity index (χ4v) is 2.71. The second-order valence-corrected chi connectivity index (χ2v) is 6.24. The van der Waals surface area contributed by atoms with Crippen LogP contribution in [0.15, 0.2) is 62.6 Å². The number of ketones is 1.